The van der Waals surface area contributed by atoms with Crippen LogP contribution in [-0.4, -0.2) is 86.7 Å². The summed E-state index contributed by atoms with van der Waals surface area (Å²) in [6.45, 7) is 11.5. The summed E-state index contributed by atoms with van der Waals surface area (Å²) >= 11 is 0. The Morgan fingerprint density at radius 3 is 2.75 bits per heavy atom. The third-order valence-electron chi connectivity index (χ3n) is 6.13. The highest BCUT2D eigenvalue weighted by molar-refractivity contribution is 5.80. The normalized spacial score (nSPS) is 30.4. The minimum absolute atomic E-state index is 0.171. The molecule has 4 saturated heterocycles. The lowest BCUT2D eigenvalue weighted by Gasteiger charge is -2.47. The van der Waals surface area contributed by atoms with Crippen LogP contribution in [0, 0.1) is 5.82 Å². The van der Waals surface area contributed by atoms with Crippen molar-refractivity contribution in [2.45, 2.75) is 31.8 Å². The van der Waals surface area contributed by atoms with Crippen molar-refractivity contribution >= 4 is 11.6 Å². The van der Waals surface area contributed by atoms with Gasteiger partial charge in [-0.3, -0.25) is 14.8 Å². The smallest absolute Gasteiger partial charge is 0.191 e. The molecule has 0 radical (unpaired) electrons. The van der Waals surface area contributed by atoms with Gasteiger partial charge in [-0.05, 0) is 38.0 Å². The van der Waals surface area contributed by atoms with Gasteiger partial charge in [-0.25, -0.2) is 4.39 Å². The molecule has 0 amide bonds. The van der Waals surface area contributed by atoms with Crippen LogP contribution in [0.5, 0.6) is 0 Å². The summed E-state index contributed by atoms with van der Waals surface area (Å²) in [7, 11) is 0. The number of aliphatic imine (C=N–C) groups is 1. The van der Waals surface area contributed by atoms with Crippen molar-refractivity contribution in [1.82, 2.24) is 20.4 Å². The molecule has 0 saturated carbocycles. The van der Waals surface area contributed by atoms with E-state index in [-0.39, 0.29) is 5.82 Å². The Bertz CT molecular complexity index is 673. The standard InChI is InChI=1S/C21H33FN6/c1-2-23-21(24-14-20-16-26-9-11-27(20)12-10-26)25-18-6-4-8-28(15-18)19-7-3-5-17(22)13-19/h3,5,7,13,18,20H,2,4,6,8-12,14-16H2,1H3,(H2,23,24,25). The molecule has 0 aliphatic carbocycles. The van der Waals surface area contributed by atoms with E-state index in [2.05, 4.69) is 32.3 Å². The maximum absolute atomic E-state index is 13.6. The summed E-state index contributed by atoms with van der Waals surface area (Å²) in [5.41, 5.74) is 0.966. The molecule has 1 aromatic rings. The Morgan fingerprint density at radius 1 is 1.18 bits per heavy atom. The number of nitrogens with zero attached hydrogens (tertiary/aromatic N) is 4. The zero-order chi connectivity index (χ0) is 19.3. The zero-order valence-corrected chi connectivity index (χ0v) is 16.9. The first-order chi connectivity index (χ1) is 13.7. The fraction of sp³-hybridized carbons (Fsp3) is 0.667. The van der Waals surface area contributed by atoms with Gasteiger partial charge in [0.25, 0.3) is 0 Å². The van der Waals surface area contributed by atoms with Crippen molar-refractivity contribution in [3.8, 4) is 0 Å². The molecule has 4 heterocycles. The maximum Gasteiger partial charge on any atom is 0.191 e. The van der Waals surface area contributed by atoms with Crippen molar-refractivity contribution < 1.29 is 4.39 Å². The van der Waals surface area contributed by atoms with E-state index in [1.165, 1.54) is 32.2 Å². The average molecular weight is 389 g/mol. The predicted octanol–water partition coefficient (Wildman–Crippen LogP) is 1.35. The third-order valence-corrected chi connectivity index (χ3v) is 6.13. The first-order valence-electron chi connectivity index (χ1n) is 10.7. The number of benzene rings is 1. The van der Waals surface area contributed by atoms with E-state index in [1.54, 1.807) is 12.1 Å². The van der Waals surface area contributed by atoms with E-state index in [9.17, 15) is 4.39 Å². The first kappa shape index (κ1) is 19.5. The predicted molar refractivity (Wildman–Crippen MR) is 113 cm³/mol. The van der Waals surface area contributed by atoms with Crippen molar-refractivity contribution in [3.63, 3.8) is 0 Å². The maximum atomic E-state index is 13.6. The quantitative estimate of drug-likeness (QED) is 0.589. The fourth-order valence-corrected chi connectivity index (χ4v) is 4.61. The summed E-state index contributed by atoms with van der Waals surface area (Å²) < 4.78 is 13.6. The monoisotopic (exact) mass is 388 g/mol. The van der Waals surface area contributed by atoms with E-state index >= 15 is 0 Å². The van der Waals surface area contributed by atoms with Crippen molar-refractivity contribution in [1.29, 1.82) is 0 Å². The molecular weight excluding hydrogens is 355 g/mol. The Kier molecular flexibility index (Phi) is 6.32. The Labute approximate surface area is 167 Å². The molecule has 1 aromatic carbocycles. The van der Waals surface area contributed by atoms with Crippen LogP contribution in [0.4, 0.5) is 10.1 Å². The fourth-order valence-electron chi connectivity index (χ4n) is 4.61. The van der Waals surface area contributed by atoms with Crippen LogP contribution < -0.4 is 15.5 Å². The van der Waals surface area contributed by atoms with Gasteiger partial charge in [0.15, 0.2) is 5.96 Å². The summed E-state index contributed by atoms with van der Waals surface area (Å²) in [6.07, 6.45) is 2.21. The van der Waals surface area contributed by atoms with Crippen LogP contribution in [0.25, 0.3) is 0 Å². The van der Waals surface area contributed by atoms with Crippen molar-refractivity contribution in [2.75, 3.05) is 63.8 Å². The van der Waals surface area contributed by atoms with Crippen LogP contribution >= 0.6 is 0 Å². The number of piperidine rings is 1. The third kappa shape index (κ3) is 4.75. The number of anilines is 1. The molecular formula is C21H33FN6. The lowest BCUT2D eigenvalue weighted by molar-refractivity contribution is 0.0174. The minimum atomic E-state index is -0.171. The van der Waals surface area contributed by atoms with Gasteiger partial charge >= 0.3 is 0 Å². The van der Waals surface area contributed by atoms with Crippen molar-refractivity contribution in [3.05, 3.63) is 30.1 Å². The molecule has 4 aliphatic heterocycles. The van der Waals surface area contributed by atoms with Gasteiger partial charge < -0.3 is 15.5 Å². The summed E-state index contributed by atoms with van der Waals surface area (Å²) in [4.78, 5) is 12.3. The van der Waals surface area contributed by atoms with E-state index in [0.717, 1.165) is 57.2 Å². The molecule has 6 nitrogen and oxygen atoms in total. The van der Waals surface area contributed by atoms with Gasteiger partial charge in [-0.1, -0.05) is 6.07 Å². The molecule has 154 valence electrons. The van der Waals surface area contributed by atoms with Crippen LogP contribution in [-0.2, 0) is 0 Å². The number of piperazine rings is 3. The van der Waals surface area contributed by atoms with Gasteiger partial charge in [0.2, 0.25) is 0 Å². The molecule has 28 heavy (non-hydrogen) atoms. The SMILES string of the molecule is CCNC(=NCC1CN2CCN1CC2)NC1CCCN(c2cccc(F)c2)C1. The molecule has 7 heteroatoms. The van der Waals surface area contributed by atoms with Crippen LogP contribution in [0.1, 0.15) is 19.8 Å². The lowest BCUT2D eigenvalue weighted by atomic mass is 10.0. The number of nitrogens with one attached hydrogen (secondary N) is 2. The largest absolute Gasteiger partial charge is 0.369 e. The van der Waals surface area contributed by atoms with E-state index in [4.69, 9.17) is 4.99 Å². The van der Waals surface area contributed by atoms with E-state index < -0.39 is 0 Å². The highest BCUT2D eigenvalue weighted by atomic mass is 19.1. The molecule has 5 rings (SSSR count). The Morgan fingerprint density at radius 2 is 2.04 bits per heavy atom. The number of hydrogen-bond donors (Lipinski definition) is 2. The molecule has 4 fully saturated rings. The van der Waals surface area contributed by atoms with E-state index in [0.29, 0.717) is 12.1 Å². The number of rotatable bonds is 5. The Hall–Kier alpha value is -1.86. The highest BCUT2D eigenvalue weighted by Gasteiger charge is 2.31. The number of hydrogen-bond acceptors (Lipinski definition) is 4. The van der Waals surface area contributed by atoms with Crippen LogP contribution in [0.2, 0.25) is 0 Å². The second-order valence-corrected chi connectivity index (χ2v) is 8.12. The summed E-state index contributed by atoms with van der Waals surface area (Å²) in [5.74, 6) is 0.737. The van der Waals surface area contributed by atoms with Gasteiger partial charge in [0.1, 0.15) is 5.82 Å². The van der Waals surface area contributed by atoms with E-state index in [1.807, 2.05) is 6.07 Å². The van der Waals surface area contributed by atoms with Gasteiger partial charge in [0, 0.05) is 70.1 Å². The molecule has 2 atom stereocenters. The van der Waals surface area contributed by atoms with Crippen LogP contribution in [0.3, 0.4) is 0 Å². The molecule has 2 N–H and O–H groups in total. The van der Waals surface area contributed by atoms with Crippen LogP contribution in [0.15, 0.2) is 29.3 Å². The molecule has 0 aromatic heterocycles. The number of guanidine groups is 1. The van der Waals surface area contributed by atoms with Gasteiger partial charge in [-0.15, -0.1) is 0 Å². The first-order valence-corrected chi connectivity index (χ1v) is 10.7. The van der Waals surface area contributed by atoms with Gasteiger partial charge in [0.05, 0.1) is 6.54 Å². The minimum Gasteiger partial charge on any atom is -0.369 e. The topological polar surface area (TPSA) is 46.1 Å². The second kappa shape index (κ2) is 9.09. The molecule has 2 unspecified atom stereocenters. The zero-order valence-electron chi connectivity index (χ0n) is 16.9. The number of halogens is 1. The summed E-state index contributed by atoms with van der Waals surface area (Å²) in [5, 5.41) is 7.03. The van der Waals surface area contributed by atoms with Crippen molar-refractivity contribution in [2.24, 2.45) is 4.99 Å². The Balaban J connectivity index is 1.35. The summed E-state index contributed by atoms with van der Waals surface area (Å²) in [6, 6.07) is 7.77. The number of fused-ring (bicyclic) bond motifs is 3. The molecule has 2 bridgehead atoms. The van der Waals surface area contributed by atoms with Gasteiger partial charge in [-0.2, -0.15) is 0 Å². The average Bonchev–Trinajstić information content (AvgIpc) is 2.73. The molecule has 4 aliphatic rings. The highest BCUT2D eigenvalue weighted by Crippen LogP contribution is 2.21. The molecule has 0 spiro atoms. The second-order valence-electron chi connectivity index (χ2n) is 8.12. The lowest BCUT2D eigenvalue weighted by Crippen LogP contribution is -2.62.